The Balaban J connectivity index is 1.21. The Morgan fingerprint density at radius 1 is 1.04 bits per heavy atom. The van der Waals surface area contributed by atoms with E-state index >= 15 is 0 Å². The van der Waals surface area contributed by atoms with Crippen LogP contribution in [0.4, 0.5) is 14.0 Å². The molecule has 5 atom stereocenters. The molecular weight excluding hydrogens is 699 g/mol. The monoisotopic (exact) mass is 746 g/mol. The minimum atomic E-state index is -4.42. The van der Waals surface area contributed by atoms with Crippen molar-refractivity contribution in [2.24, 2.45) is 16.7 Å². The van der Waals surface area contributed by atoms with Crippen LogP contribution >= 0.6 is 0 Å². The highest BCUT2D eigenvalue weighted by atomic mass is 32.2. The number of carbonyl (C=O) groups is 5. The molecule has 0 bridgehead atoms. The average molecular weight is 747 g/mol. The number of halogens is 1. The number of hydrogen-bond acceptors (Lipinski definition) is 10. The van der Waals surface area contributed by atoms with Gasteiger partial charge in [-0.1, -0.05) is 39.0 Å². The van der Waals surface area contributed by atoms with E-state index in [9.17, 15) is 36.8 Å². The number of alkyl carbamates (subject to hydrolysis) is 1. The van der Waals surface area contributed by atoms with E-state index in [0.717, 1.165) is 25.7 Å². The zero-order chi connectivity index (χ0) is 37.6. The molecule has 1 aromatic carbocycles. The van der Waals surface area contributed by atoms with Crippen LogP contribution < -0.4 is 10.0 Å². The predicted octanol–water partition coefficient (Wildman–Crippen LogP) is 4.02. The molecule has 4 fully saturated rings. The second kappa shape index (κ2) is 14.4. The number of likely N-dealkylation sites (tertiary alicyclic amines) is 1. The highest BCUT2D eigenvalue weighted by molar-refractivity contribution is 7.85. The van der Waals surface area contributed by atoms with Crippen molar-refractivity contribution in [3.05, 3.63) is 47.8 Å². The van der Waals surface area contributed by atoms with Gasteiger partial charge in [0.25, 0.3) is 0 Å². The van der Waals surface area contributed by atoms with E-state index in [4.69, 9.17) is 13.7 Å². The van der Waals surface area contributed by atoms with Crippen LogP contribution in [0.25, 0.3) is 0 Å². The lowest BCUT2D eigenvalue weighted by Crippen LogP contribution is -2.57. The summed E-state index contributed by atoms with van der Waals surface area (Å²) in [6.45, 7) is 8.92. The van der Waals surface area contributed by atoms with Gasteiger partial charge in [0.05, 0.1) is 30.7 Å². The Morgan fingerprint density at radius 2 is 1.75 bits per heavy atom. The SMILES string of the molecule is C=C[C@@H]1C[C@]1(CC(=O)[C@@H]1C[C@@H](OC(=O)N2Cc3cccc(F)c3C2)CN1C(=O)[C@@H](NC(=O)OC1CCCC1)C(C)(C)C)C(=O)NS(=O)(=O)OC1CC1. The molecular formula is C36H47FN4O10S. The summed E-state index contributed by atoms with van der Waals surface area (Å²) < 4.78 is 57.8. The molecule has 4 amide bonds. The maximum absolute atomic E-state index is 14.4. The van der Waals surface area contributed by atoms with Crippen LogP contribution in [0.3, 0.4) is 0 Å². The number of rotatable bonds is 12. The quantitative estimate of drug-likeness (QED) is 0.297. The van der Waals surface area contributed by atoms with Crippen LogP contribution in [-0.2, 0) is 51.4 Å². The van der Waals surface area contributed by atoms with Crippen LogP contribution in [0.5, 0.6) is 0 Å². The van der Waals surface area contributed by atoms with Crippen molar-refractivity contribution >= 4 is 40.1 Å². The van der Waals surface area contributed by atoms with Crippen LogP contribution in [0.1, 0.15) is 89.7 Å². The Bertz CT molecular complexity index is 1740. The lowest BCUT2D eigenvalue weighted by molar-refractivity contribution is -0.142. The van der Waals surface area contributed by atoms with Crippen molar-refractivity contribution < 1.29 is 50.4 Å². The number of ether oxygens (including phenoxy) is 2. The number of carbonyl (C=O) groups excluding carboxylic acids is 5. The molecule has 2 heterocycles. The van der Waals surface area contributed by atoms with E-state index in [1.54, 1.807) is 32.9 Å². The van der Waals surface area contributed by atoms with Gasteiger partial charge in [-0.3, -0.25) is 23.5 Å². The minimum absolute atomic E-state index is 0.00830. The molecule has 52 heavy (non-hydrogen) atoms. The van der Waals surface area contributed by atoms with Crippen LogP contribution in [-0.4, -0.2) is 84.9 Å². The zero-order valence-electron chi connectivity index (χ0n) is 29.7. The maximum atomic E-state index is 14.4. The molecule has 1 aromatic rings. The molecule has 284 valence electrons. The summed E-state index contributed by atoms with van der Waals surface area (Å²) in [4.78, 5) is 71.0. The maximum Gasteiger partial charge on any atom is 0.410 e. The lowest BCUT2D eigenvalue weighted by Gasteiger charge is -2.35. The van der Waals surface area contributed by atoms with Gasteiger partial charge in [-0.25, -0.2) is 18.7 Å². The third-order valence-corrected chi connectivity index (χ3v) is 11.6. The Labute approximate surface area is 303 Å². The van der Waals surface area contributed by atoms with Gasteiger partial charge in [-0.05, 0) is 67.9 Å². The molecule has 0 unspecified atom stereocenters. The topological polar surface area (TPSA) is 178 Å². The summed E-state index contributed by atoms with van der Waals surface area (Å²) in [5.74, 6) is -3.03. The first kappa shape index (κ1) is 37.7. The normalized spacial score (nSPS) is 26.3. The van der Waals surface area contributed by atoms with Gasteiger partial charge < -0.3 is 19.7 Å². The summed E-state index contributed by atoms with van der Waals surface area (Å²) in [6, 6.07) is 2.25. The summed E-state index contributed by atoms with van der Waals surface area (Å²) in [6.07, 6.45) is 2.27. The highest BCUT2D eigenvalue weighted by Crippen LogP contribution is 2.57. The second-order valence-corrected chi connectivity index (χ2v) is 17.1. The Kier molecular flexibility index (Phi) is 10.4. The highest BCUT2D eigenvalue weighted by Gasteiger charge is 2.61. The zero-order valence-corrected chi connectivity index (χ0v) is 30.5. The molecule has 14 nitrogen and oxygen atoms in total. The number of fused-ring (bicyclic) bond motifs is 1. The smallest absolute Gasteiger partial charge is 0.410 e. The molecule has 3 saturated carbocycles. The van der Waals surface area contributed by atoms with E-state index in [1.807, 2.05) is 4.72 Å². The van der Waals surface area contributed by atoms with Crippen molar-refractivity contribution in [3.8, 4) is 0 Å². The molecule has 2 N–H and O–H groups in total. The van der Waals surface area contributed by atoms with Gasteiger partial charge >= 0.3 is 22.5 Å². The van der Waals surface area contributed by atoms with Crippen molar-refractivity contribution in [1.29, 1.82) is 0 Å². The van der Waals surface area contributed by atoms with Crippen molar-refractivity contribution in [3.63, 3.8) is 0 Å². The van der Waals surface area contributed by atoms with Crippen molar-refractivity contribution in [2.45, 2.75) is 122 Å². The number of allylic oxidation sites excluding steroid dienone is 1. The summed E-state index contributed by atoms with van der Waals surface area (Å²) in [7, 11) is -4.42. The van der Waals surface area contributed by atoms with Crippen molar-refractivity contribution in [1.82, 2.24) is 19.8 Å². The van der Waals surface area contributed by atoms with E-state index < -0.39 is 93.4 Å². The van der Waals surface area contributed by atoms with Gasteiger partial charge in [0, 0.05) is 24.9 Å². The molecule has 6 rings (SSSR count). The Morgan fingerprint density at radius 3 is 2.37 bits per heavy atom. The molecule has 0 aromatic heterocycles. The van der Waals surface area contributed by atoms with Crippen LogP contribution in [0.15, 0.2) is 30.9 Å². The number of hydrogen-bond donors (Lipinski definition) is 2. The largest absolute Gasteiger partial charge is 0.446 e. The van der Waals surface area contributed by atoms with E-state index in [0.29, 0.717) is 24.0 Å². The number of benzene rings is 1. The molecule has 0 spiro atoms. The van der Waals surface area contributed by atoms with Gasteiger partial charge in [0.1, 0.15) is 24.1 Å². The molecule has 3 aliphatic carbocycles. The fraction of sp³-hybridized carbons (Fsp3) is 0.639. The number of nitrogens with zero attached hydrogens (tertiary/aromatic N) is 2. The van der Waals surface area contributed by atoms with Gasteiger partial charge in [-0.15, -0.1) is 6.58 Å². The average Bonchev–Trinajstić information content (AvgIpc) is 3.77. The molecule has 5 aliphatic rings. The van der Waals surface area contributed by atoms with Crippen molar-refractivity contribution in [2.75, 3.05) is 6.54 Å². The first-order valence-corrected chi connectivity index (χ1v) is 19.3. The Hall–Kier alpha value is -4.05. The standard InChI is InChI=1S/C36H47FN4O10S/c1-5-22-16-36(22,32(44)39-52(47,48)51-24-13-14-24)17-29(42)28-15-25(50-34(46)40-18-21-9-8-12-27(37)26(21)20-40)19-41(28)31(43)30(35(2,3)4)38-33(45)49-23-10-6-7-11-23/h5,8-9,12,22-25,28,30H,1,6-7,10-11,13-20H2,2-4H3,(H,38,45)(H,39,44)/t22-,25-,28+,30-,36-/m1/s1. The summed E-state index contributed by atoms with van der Waals surface area (Å²) >= 11 is 0. The third kappa shape index (κ3) is 8.27. The molecule has 16 heteroatoms. The summed E-state index contributed by atoms with van der Waals surface area (Å²) in [5, 5.41) is 2.70. The second-order valence-electron chi connectivity index (χ2n) is 15.8. The van der Waals surface area contributed by atoms with Gasteiger partial charge in [0.15, 0.2) is 5.78 Å². The van der Waals surface area contributed by atoms with Gasteiger partial charge in [0.2, 0.25) is 11.8 Å². The molecule has 0 radical (unpaired) electrons. The number of nitrogens with one attached hydrogen (secondary N) is 2. The molecule has 1 saturated heterocycles. The van der Waals surface area contributed by atoms with E-state index in [1.165, 1.54) is 21.9 Å². The third-order valence-electron chi connectivity index (χ3n) is 10.7. The number of Topliss-reactive ketones (excluding diaryl/α,β-unsaturated/α-hetero) is 1. The van der Waals surface area contributed by atoms with Gasteiger partial charge in [-0.2, -0.15) is 8.42 Å². The van der Waals surface area contributed by atoms with Crippen LogP contribution in [0.2, 0.25) is 0 Å². The lowest BCUT2D eigenvalue weighted by atomic mass is 9.85. The van der Waals surface area contributed by atoms with Crippen LogP contribution in [0, 0.1) is 22.6 Å². The fourth-order valence-electron chi connectivity index (χ4n) is 7.48. The van der Waals surface area contributed by atoms with E-state index in [2.05, 4.69) is 11.9 Å². The minimum Gasteiger partial charge on any atom is -0.446 e. The fourth-order valence-corrected chi connectivity index (χ4v) is 8.51. The molecule has 2 aliphatic heterocycles. The number of amides is 4. The van der Waals surface area contributed by atoms with E-state index in [-0.39, 0.29) is 38.6 Å². The first-order chi connectivity index (χ1) is 24.5. The first-order valence-electron chi connectivity index (χ1n) is 17.9. The predicted molar refractivity (Wildman–Crippen MR) is 183 cm³/mol. The number of ketones is 1. The summed E-state index contributed by atoms with van der Waals surface area (Å²) in [5.41, 5.74) is -1.26.